The number of rotatable bonds is 4. The Balaban J connectivity index is 0.00000225. The van der Waals surface area contributed by atoms with Gasteiger partial charge in [-0.2, -0.15) is 0 Å². The summed E-state index contributed by atoms with van der Waals surface area (Å²) >= 11 is 0. The number of carbonyl (C=O) groups excluding carboxylic acids is 1. The second-order valence-electron chi connectivity index (χ2n) is 6.93. The third-order valence-electron chi connectivity index (χ3n) is 5.14. The van der Waals surface area contributed by atoms with E-state index in [2.05, 4.69) is 19.1 Å². The SMILES string of the molecule is Cc1ccc(OC2CCN(C(=O)C(N)C3CCOCC3)CC2)cc1.Cl. The van der Waals surface area contributed by atoms with Crippen LogP contribution in [0, 0.1) is 12.8 Å². The lowest BCUT2D eigenvalue weighted by atomic mass is 9.91. The summed E-state index contributed by atoms with van der Waals surface area (Å²) in [4.78, 5) is 14.5. The van der Waals surface area contributed by atoms with Crippen LogP contribution >= 0.6 is 12.4 Å². The van der Waals surface area contributed by atoms with Gasteiger partial charge in [-0.15, -0.1) is 12.4 Å². The first kappa shape index (κ1) is 20.0. The highest BCUT2D eigenvalue weighted by molar-refractivity contribution is 5.85. The molecule has 6 heteroatoms. The first-order chi connectivity index (χ1) is 11.6. The van der Waals surface area contributed by atoms with E-state index >= 15 is 0 Å². The number of aryl methyl sites for hydroxylation is 1. The number of nitrogens with two attached hydrogens (primary N) is 1. The fourth-order valence-electron chi connectivity index (χ4n) is 3.49. The minimum atomic E-state index is -0.386. The van der Waals surface area contributed by atoms with Crippen LogP contribution in [0.2, 0.25) is 0 Å². The largest absolute Gasteiger partial charge is 0.490 e. The molecule has 1 atom stereocenters. The quantitative estimate of drug-likeness (QED) is 0.887. The third-order valence-corrected chi connectivity index (χ3v) is 5.14. The van der Waals surface area contributed by atoms with Crippen molar-refractivity contribution in [2.24, 2.45) is 11.7 Å². The van der Waals surface area contributed by atoms with Gasteiger partial charge in [-0.3, -0.25) is 4.79 Å². The van der Waals surface area contributed by atoms with Crippen molar-refractivity contribution < 1.29 is 14.3 Å². The molecule has 2 saturated heterocycles. The van der Waals surface area contributed by atoms with Gasteiger partial charge in [0.1, 0.15) is 11.9 Å². The summed E-state index contributed by atoms with van der Waals surface area (Å²) in [5.74, 6) is 1.26. The van der Waals surface area contributed by atoms with Crippen LogP contribution < -0.4 is 10.5 Å². The van der Waals surface area contributed by atoms with E-state index in [1.807, 2.05) is 17.0 Å². The molecule has 3 rings (SSSR count). The molecule has 25 heavy (non-hydrogen) atoms. The average molecular weight is 369 g/mol. The molecule has 1 aromatic rings. The Morgan fingerprint density at radius 2 is 1.76 bits per heavy atom. The standard InChI is InChI=1S/C19H28N2O3.ClH/c1-14-2-4-16(5-3-14)24-17-6-10-21(11-7-17)19(22)18(20)15-8-12-23-13-9-15;/h2-5,15,17-18H,6-13,20H2,1H3;1H. The van der Waals surface area contributed by atoms with Gasteiger partial charge < -0.3 is 20.1 Å². The first-order valence-electron chi connectivity index (χ1n) is 8.99. The Morgan fingerprint density at radius 3 is 2.36 bits per heavy atom. The van der Waals surface area contributed by atoms with Gasteiger partial charge in [0.25, 0.3) is 0 Å². The molecule has 0 spiro atoms. The number of likely N-dealkylation sites (tertiary alicyclic amines) is 1. The number of hydrogen-bond donors (Lipinski definition) is 1. The van der Waals surface area contributed by atoms with Crippen molar-refractivity contribution in [3.05, 3.63) is 29.8 Å². The van der Waals surface area contributed by atoms with Crippen LogP contribution in [0.1, 0.15) is 31.2 Å². The molecule has 2 fully saturated rings. The highest BCUT2D eigenvalue weighted by Crippen LogP contribution is 2.22. The Kier molecular flexibility index (Phi) is 7.54. The maximum Gasteiger partial charge on any atom is 0.239 e. The summed E-state index contributed by atoms with van der Waals surface area (Å²) in [6, 6.07) is 7.74. The Hall–Kier alpha value is -1.30. The zero-order chi connectivity index (χ0) is 16.9. The normalized spacial score (nSPS) is 20.6. The van der Waals surface area contributed by atoms with Gasteiger partial charge in [-0.1, -0.05) is 17.7 Å². The predicted molar refractivity (Wildman–Crippen MR) is 100 cm³/mol. The Morgan fingerprint density at radius 1 is 1.16 bits per heavy atom. The Bertz CT molecular complexity index is 538. The maximum absolute atomic E-state index is 12.6. The number of carbonyl (C=O) groups is 1. The minimum Gasteiger partial charge on any atom is -0.490 e. The van der Waals surface area contributed by atoms with Crippen molar-refractivity contribution in [2.75, 3.05) is 26.3 Å². The molecule has 1 amide bonds. The number of benzene rings is 1. The maximum atomic E-state index is 12.6. The van der Waals surface area contributed by atoms with E-state index in [1.165, 1.54) is 5.56 Å². The zero-order valence-electron chi connectivity index (χ0n) is 14.9. The number of halogens is 1. The fraction of sp³-hybridized carbons (Fsp3) is 0.632. The molecule has 0 aromatic heterocycles. The molecule has 2 aliphatic rings. The predicted octanol–water partition coefficient (Wildman–Crippen LogP) is 2.54. The molecule has 2 heterocycles. The molecular weight excluding hydrogens is 340 g/mol. The van der Waals surface area contributed by atoms with Gasteiger partial charge in [0.15, 0.2) is 0 Å². The van der Waals surface area contributed by atoms with Gasteiger partial charge in [0, 0.05) is 39.1 Å². The van der Waals surface area contributed by atoms with Crippen LogP contribution in [0.15, 0.2) is 24.3 Å². The van der Waals surface area contributed by atoms with Crippen molar-refractivity contribution in [3.63, 3.8) is 0 Å². The zero-order valence-corrected chi connectivity index (χ0v) is 15.7. The third kappa shape index (κ3) is 5.33. The molecule has 1 unspecified atom stereocenters. The second kappa shape index (κ2) is 9.41. The summed E-state index contributed by atoms with van der Waals surface area (Å²) in [5.41, 5.74) is 7.44. The van der Waals surface area contributed by atoms with E-state index in [0.717, 1.165) is 57.7 Å². The van der Waals surface area contributed by atoms with Crippen LogP contribution in [-0.4, -0.2) is 49.3 Å². The van der Waals surface area contributed by atoms with Crippen LogP contribution in [0.25, 0.3) is 0 Å². The highest BCUT2D eigenvalue weighted by Gasteiger charge is 2.32. The average Bonchev–Trinajstić information content (AvgIpc) is 2.64. The van der Waals surface area contributed by atoms with Gasteiger partial charge in [0.05, 0.1) is 6.04 Å². The summed E-state index contributed by atoms with van der Waals surface area (Å²) in [7, 11) is 0. The molecule has 5 nitrogen and oxygen atoms in total. The van der Waals surface area contributed by atoms with Gasteiger partial charge in [-0.25, -0.2) is 0 Å². The molecule has 1 aromatic carbocycles. The van der Waals surface area contributed by atoms with E-state index in [-0.39, 0.29) is 36.4 Å². The smallest absolute Gasteiger partial charge is 0.239 e. The van der Waals surface area contributed by atoms with Gasteiger partial charge >= 0.3 is 0 Å². The van der Waals surface area contributed by atoms with Crippen molar-refractivity contribution in [1.29, 1.82) is 0 Å². The number of piperidine rings is 1. The molecule has 0 radical (unpaired) electrons. The van der Waals surface area contributed by atoms with Crippen molar-refractivity contribution in [3.8, 4) is 5.75 Å². The topological polar surface area (TPSA) is 64.8 Å². The van der Waals surface area contributed by atoms with Crippen LogP contribution in [0.5, 0.6) is 5.75 Å². The number of amides is 1. The molecule has 140 valence electrons. The van der Waals surface area contributed by atoms with Crippen LogP contribution in [0.3, 0.4) is 0 Å². The summed E-state index contributed by atoms with van der Waals surface area (Å²) < 4.78 is 11.4. The summed E-state index contributed by atoms with van der Waals surface area (Å²) in [6.07, 6.45) is 3.68. The van der Waals surface area contributed by atoms with Crippen LogP contribution in [0.4, 0.5) is 0 Å². The Labute approximate surface area is 156 Å². The summed E-state index contributed by atoms with van der Waals surface area (Å²) in [6.45, 7) is 4.96. The van der Waals surface area contributed by atoms with Gasteiger partial charge in [0.2, 0.25) is 5.91 Å². The molecule has 0 saturated carbocycles. The van der Waals surface area contributed by atoms with E-state index in [9.17, 15) is 4.79 Å². The van der Waals surface area contributed by atoms with Crippen molar-refractivity contribution in [1.82, 2.24) is 4.90 Å². The lowest BCUT2D eigenvalue weighted by Crippen LogP contribution is -2.52. The lowest BCUT2D eigenvalue weighted by molar-refractivity contribution is -0.136. The first-order valence-corrected chi connectivity index (χ1v) is 8.99. The lowest BCUT2D eigenvalue weighted by Gasteiger charge is -2.36. The number of nitrogens with zero attached hydrogens (tertiary/aromatic N) is 1. The number of hydrogen-bond acceptors (Lipinski definition) is 4. The van der Waals surface area contributed by atoms with E-state index < -0.39 is 0 Å². The van der Waals surface area contributed by atoms with Crippen molar-refractivity contribution in [2.45, 2.75) is 44.8 Å². The number of ether oxygens (including phenoxy) is 2. The van der Waals surface area contributed by atoms with E-state index in [0.29, 0.717) is 0 Å². The van der Waals surface area contributed by atoms with E-state index in [1.54, 1.807) is 0 Å². The van der Waals surface area contributed by atoms with Crippen molar-refractivity contribution >= 4 is 18.3 Å². The van der Waals surface area contributed by atoms with Gasteiger partial charge in [-0.05, 0) is 37.8 Å². The molecule has 0 bridgehead atoms. The summed E-state index contributed by atoms with van der Waals surface area (Å²) in [5, 5.41) is 0. The molecular formula is C19H29ClN2O3. The molecule has 2 N–H and O–H groups in total. The highest BCUT2D eigenvalue weighted by atomic mass is 35.5. The molecule has 2 aliphatic heterocycles. The second-order valence-corrected chi connectivity index (χ2v) is 6.93. The van der Waals surface area contributed by atoms with Crippen LogP contribution in [-0.2, 0) is 9.53 Å². The monoisotopic (exact) mass is 368 g/mol. The minimum absolute atomic E-state index is 0. The fourth-order valence-corrected chi connectivity index (χ4v) is 3.49. The van der Waals surface area contributed by atoms with E-state index in [4.69, 9.17) is 15.2 Å². The molecule has 0 aliphatic carbocycles.